The molecular formula is C17H19NO. The van der Waals surface area contributed by atoms with E-state index in [9.17, 15) is 4.79 Å². The van der Waals surface area contributed by atoms with Crippen molar-refractivity contribution in [3.05, 3.63) is 70.8 Å². The summed E-state index contributed by atoms with van der Waals surface area (Å²) in [6.45, 7) is 6.00. The smallest absolute Gasteiger partial charge is 0.251 e. The molecule has 19 heavy (non-hydrogen) atoms. The first-order chi connectivity index (χ1) is 9.06. The van der Waals surface area contributed by atoms with Crippen LogP contribution in [0.3, 0.4) is 0 Å². The largest absolute Gasteiger partial charge is 0.346 e. The van der Waals surface area contributed by atoms with Gasteiger partial charge in [-0.15, -0.1) is 0 Å². The summed E-state index contributed by atoms with van der Waals surface area (Å²) in [4.78, 5) is 12.2. The van der Waals surface area contributed by atoms with Crippen LogP contribution in [0.1, 0.15) is 40.0 Å². The van der Waals surface area contributed by atoms with E-state index in [0.717, 1.165) is 22.3 Å². The first kappa shape index (κ1) is 13.3. The van der Waals surface area contributed by atoms with Gasteiger partial charge in [0.2, 0.25) is 0 Å². The van der Waals surface area contributed by atoms with E-state index < -0.39 is 0 Å². The van der Waals surface area contributed by atoms with E-state index in [1.165, 1.54) is 0 Å². The van der Waals surface area contributed by atoms with E-state index in [-0.39, 0.29) is 11.9 Å². The predicted molar refractivity (Wildman–Crippen MR) is 78.2 cm³/mol. The van der Waals surface area contributed by atoms with Crippen LogP contribution in [0.2, 0.25) is 0 Å². The molecule has 0 saturated heterocycles. The third-order valence-electron chi connectivity index (χ3n) is 3.13. The van der Waals surface area contributed by atoms with Gasteiger partial charge < -0.3 is 5.32 Å². The maximum atomic E-state index is 12.2. The van der Waals surface area contributed by atoms with Crippen molar-refractivity contribution in [1.82, 2.24) is 5.32 Å². The summed E-state index contributed by atoms with van der Waals surface area (Å²) >= 11 is 0. The number of amides is 1. The third-order valence-corrected chi connectivity index (χ3v) is 3.13. The summed E-state index contributed by atoms with van der Waals surface area (Å²) < 4.78 is 0. The Balaban J connectivity index is 2.13. The summed E-state index contributed by atoms with van der Waals surface area (Å²) in [5.41, 5.74) is 4.05. The molecule has 2 heteroatoms. The molecule has 0 bridgehead atoms. The van der Waals surface area contributed by atoms with Gasteiger partial charge in [-0.25, -0.2) is 0 Å². The van der Waals surface area contributed by atoms with Gasteiger partial charge in [0.15, 0.2) is 0 Å². The lowest BCUT2D eigenvalue weighted by Crippen LogP contribution is -2.26. The van der Waals surface area contributed by atoms with Crippen LogP contribution in [0.15, 0.2) is 48.5 Å². The third kappa shape index (κ3) is 3.44. The van der Waals surface area contributed by atoms with Gasteiger partial charge in [0, 0.05) is 5.56 Å². The van der Waals surface area contributed by atoms with Crippen LogP contribution < -0.4 is 5.32 Å². The second-order valence-electron chi connectivity index (χ2n) is 4.98. The minimum atomic E-state index is -0.0249. The Morgan fingerprint density at radius 2 is 1.58 bits per heavy atom. The van der Waals surface area contributed by atoms with Crippen molar-refractivity contribution in [2.45, 2.75) is 26.8 Å². The standard InChI is InChI=1S/C17H19NO/c1-12-9-13(2)11-16(10-12)17(19)18-14(3)15-7-5-4-6-8-15/h4-11,14H,1-3H3,(H,18,19)/t14-/m0/s1. The van der Waals surface area contributed by atoms with Crippen molar-refractivity contribution in [3.8, 4) is 0 Å². The van der Waals surface area contributed by atoms with E-state index in [1.54, 1.807) is 0 Å². The fourth-order valence-electron chi connectivity index (χ4n) is 2.21. The molecule has 0 fully saturated rings. The molecule has 1 N–H and O–H groups in total. The van der Waals surface area contributed by atoms with Gasteiger partial charge in [0.1, 0.15) is 0 Å². The number of nitrogens with one attached hydrogen (secondary N) is 1. The molecule has 2 aromatic rings. The molecule has 1 atom stereocenters. The molecule has 0 radical (unpaired) electrons. The molecule has 2 rings (SSSR count). The Morgan fingerprint density at radius 3 is 2.16 bits per heavy atom. The molecule has 0 spiro atoms. The number of hydrogen-bond donors (Lipinski definition) is 1. The normalized spacial score (nSPS) is 11.9. The monoisotopic (exact) mass is 253 g/mol. The Bertz CT molecular complexity index is 555. The van der Waals surface area contributed by atoms with Crippen molar-refractivity contribution >= 4 is 5.91 Å². The summed E-state index contributed by atoms with van der Waals surface area (Å²) in [5.74, 6) is -0.0249. The molecule has 2 aromatic carbocycles. The molecule has 0 aromatic heterocycles. The zero-order chi connectivity index (χ0) is 13.8. The maximum Gasteiger partial charge on any atom is 0.251 e. The van der Waals surface area contributed by atoms with Crippen LogP contribution in [-0.2, 0) is 0 Å². The second-order valence-corrected chi connectivity index (χ2v) is 4.98. The average Bonchev–Trinajstić information content (AvgIpc) is 2.38. The molecule has 0 unspecified atom stereocenters. The summed E-state index contributed by atoms with van der Waals surface area (Å²) in [6, 6.07) is 15.9. The summed E-state index contributed by atoms with van der Waals surface area (Å²) in [7, 11) is 0. The van der Waals surface area contributed by atoms with Gasteiger partial charge in [-0.05, 0) is 38.5 Å². The average molecular weight is 253 g/mol. The van der Waals surface area contributed by atoms with E-state index >= 15 is 0 Å². The molecule has 0 aliphatic heterocycles. The minimum Gasteiger partial charge on any atom is -0.346 e. The highest BCUT2D eigenvalue weighted by Gasteiger charge is 2.11. The van der Waals surface area contributed by atoms with E-state index in [1.807, 2.05) is 63.2 Å². The van der Waals surface area contributed by atoms with E-state index in [0.29, 0.717) is 0 Å². The molecule has 2 nitrogen and oxygen atoms in total. The van der Waals surface area contributed by atoms with Crippen LogP contribution >= 0.6 is 0 Å². The topological polar surface area (TPSA) is 29.1 Å². The minimum absolute atomic E-state index is 0.00881. The SMILES string of the molecule is Cc1cc(C)cc(C(=O)N[C@@H](C)c2ccccc2)c1. The molecule has 0 aliphatic rings. The van der Waals surface area contributed by atoms with Crippen molar-refractivity contribution in [2.24, 2.45) is 0 Å². The first-order valence-corrected chi connectivity index (χ1v) is 6.50. The molecule has 0 heterocycles. The van der Waals surface area contributed by atoms with E-state index in [4.69, 9.17) is 0 Å². The Hall–Kier alpha value is -2.09. The zero-order valence-electron chi connectivity index (χ0n) is 11.6. The Morgan fingerprint density at radius 1 is 1.00 bits per heavy atom. The Labute approximate surface area is 114 Å². The fraction of sp³-hybridized carbons (Fsp3) is 0.235. The van der Waals surface area contributed by atoms with Gasteiger partial charge in [0.05, 0.1) is 6.04 Å². The lowest BCUT2D eigenvalue weighted by Gasteiger charge is -2.14. The Kier molecular flexibility index (Phi) is 4.00. The lowest BCUT2D eigenvalue weighted by molar-refractivity contribution is 0.0939. The summed E-state index contributed by atoms with van der Waals surface area (Å²) in [5, 5.41) is 3.03. The number of rotatable bonds is 3. The van der Waals surface area contributed by atoms with Crippen molar-refractivity contribution in [2.75, 3.05) is 0 Å². The fourth-order valence-corrected chi connectivity index (χ4v) is 2.21. The van der Waals surface area contributed by atoms with Crippen LogP contribution in [0.5, 0.6) is 0 Å². The highest BCUT2D eigenvalue weighted by atomic mass is 16.1. The van der Waals surface area contributed by atoms with Crippen molar-refractivity contribution in [1.29, 1.82) is 0 Å². The number of carbonyl (C=O) groups is 1. The van der Waals surface area contributed by atoms with Crippen LogP contribution in [0.25, 0.3) is 0 Å². The van der Waals surface area contributed by atoms with Crippen molar-refractivity contribution < 1.29 is 4.79 Å². The second kappa shape index (κ2) is 5.70. The van der Waals surface area contributed by atoms with Crippen molar-refractivity contribution in [3.63, 3.8) is 0 Å². The van der Waals surface area contributed by atoms with Crippen LogP contribution in [0.4, 0.5) is 0 Å². The number of benzene rings is 2. The molecular weight excluding hydrogens is 234 g/mol. The number of aryl methyl sites for hydroxylation is 2. The zero-order valence-corrected chi connectivity index (χ0v) is 11.6. The van der Waals surface area contributed by atoms with Gasteiger partial charge >= 0.3 is 0 Å². The molecule has 98 valence electrons. The van der Waals surface area contributed by atoms with E-state index in [2.05, 4.69) is 11.4 Å². The summed E-state index contributed by atoms with van der Waals surface area (Å²) in [6.07, 6.45) is 0. The molecule has 0 saturated carbocycles. The van der Waals surface area contributed by atoms with Gasteiger partial charge in [-0.1, -0.05) is 47.5 Å². The van der Waals surface area contributed by atoms with Gasteiger partial charge in [-0.2, -0.15) is 0 Å². The van der Waals surface area contributed by atoms with Gasteiger partial charge in [0.25, 0.3) is 5.91 Å². The maximum absolute atomic E-state index is 12.2. The number of hydrogen-bond acceptors (Lipinski definition) is 1. The van der Waals surface area contributed by atoms with Gasteiger partial charge in [-0.3, -0.25) is 4.79 Å². The van der Waals surface area contributed by atoms with Crippen LogP contribution in [0, 0.1) is 13.8 Å². The van der Waals surface area contributed by atoms with Crippen LogP contribution in [-0.4, -0.2) is 5.91 Å². The number of carbonyl (C=O) groups excluding carboxylic acids is 1. The molecule has 0 aliphatic carbocycles. The molecule has 1 amide bonds. The predicted octanol–water partition coefficient (Wildman–Crippen LogP) is 3.79. The lowest BCUT2D eigenvalue weighted by atomic mass is 10.1. The quantitative estimate of drug-likeness (QED) is 0.885. The highest BCUT2D eigenvalue weighted by molar-refractivity contribution is 5.94. The first-order valence-electron chi connectivity index (χ1n) is 6.50. The highest BCUT2D eigenvalue weighted by Crippen LogP contribution is 2.14.